The van der Waals surface area contributed by atoms with Gasteiger partial charge in [-0.2, -0.15) is 0 Å². The molecule has 2 rings (SSSR count). The maximum atomic E-state index is 13.6. The highest BCUT2D eigenvalue weighted by Gasteiger charge is 2.10. The van der Waals surface area contributed by atoms with Crippen LogP contribution in [0.15, 0.2) is 42.5 Å². The lowest BCUT2D eigenvalue weighted by molar-refractivity contribution is -0.385. The van der Waals surface area contributed by atoms with Crippen molar-refractivity contribution >= 4 is 17.1 Å². The fourth-order valence-electron chi connectivity index (χ4n) is 1.55. The van der Waals surface area contributed by atoms with Crippen molar-refractivity contribution in [2.75, 3.05) is 12.4 Å². The number of hydrogen-bond donors (Lipinski definition) is 1. The van der Waals surface area contributed by atoms with Crippen LogP contribution >= 0.6 is 0 Å². The maximum absolute atomic E-state index is 13.6. The molecule has 0 aliphatic heterocycles. The van der Waals surface area contributed by atoms with E-state index < -0.39 is 10.7 Å². The van der Waals surface area contributed by atoms with E-state index in [2.05, 4.69) is 5.32 Å². The van der Waals surface area contributed by atoms with Crippen LogP contribution in [0.4, 0.5) is 21.5 Å². The quantitative estimate of drug-likeness (QED) is 0.676. The van der Waals surface area contributed by atoms with Gasteiger partial charge in [0.05, 0.1) is 23.8 Å². The Hall–Kier alpha value is -2.63. The van der Waals surface area contributed by atoms with Crippen LogP contribution in [0.25, 0.3) is 0 Å². The number of halogens is 1. The molecule has 19 heavy (non-hydrogen) atoms. The average molecular weight is 262 g/mol. The second-order valence-electron chi connectivity index (χ2n) is 3.77. The summed E-state index contributed by atoms with van der Waals surface area (Å²) in [7, 11) is 1.55. The fraction of sp³-hybridized carbons (Fsp3) is 0.0769. The molecule has 0 aliphatic rings. The summed E-state index contributed by atoms with van der Waals surface area (Å²) in [5.41, 5.74) is 0.558. The van der Waals surface area contributed by atoms with Crippen molar-refractivity contribution in [2.45, 2.75) is 0 Å². The first kappa shape index (κ1) is 12.8. The normalized spacial score (nSPS) is 10.0. The fourth-order valence-corrected chi connectivity index (χ4v) is 1.55. The Morgan fingerprint density at radius 3 is 2.42 bits per heavy atom. The molecule has 1 N–H and O–H groups in total. The molecule has 6 heteroatoms. The van der Waals surface area contributed by atoms with Gasteiger partial charge in [-0.15, -0.1) is 0 Å². The molecule has 0 spiro atoms. The van der Waals surface area contributed by atoms with Crippen LogP contribution in [0.2, 0.25) is 0 Å². The van der Waals surface area contributed by atoms with E-state index in [4.69, 9.17) is 4.74 Å². The van der Waals surface area contributed by atoms with Gasteiger partial charge in [0.25, 0.3) is 5.69 Å². The summed E-state index contributed by atoms with van der Waals surface area (Å²) in [4.78, 5) is 9.86. The number of rotatable bonds is 4. The van der Waals surface area contributed by atoms with E-state index >= 15 is 0 Å². The second-order valence-corrected chi connectivity index (χ2v) is 3.77. The van der Waals surface area contributed by atoms with E-state index in [1.54, 1.807) is 31.4 Å². The summed E-state index contributed by atoms with van der Waals surface area (Å²) in [6.45, 7) is 0. The Morgan fingerprint density at radius 1 is 1.21 bits per heavy atom. The van der Waals surface area contributed by atoms with Gasteiger partial charge >= 0.3 is 0 Å². The predicted octanol–water partition coefficient (Wildman–Crippen LogP) is 3.49. The maximum Gasteiger partial charge on any atom is 0.272 e. The predicted molar refractivity (Wildman–Crippen MR) is 69.3 cm³/mol. The molecular formula is C13H11FN2O3. The highest BCUT2D eigenvalue weighted by Crippen LogP contribution is 2.25. The smallest absolute Gasteiger partial charge is 0.272 e. The molecule has 98 valence electrons. The molecule has 0 radical (unpaired) electrons. The molecule has 0 bridgehead atoms. The molecule has 0 saturated heterocycles. The van der Waals surface area contributed by atoms with Crippen molar-refractivity contribution in [1.29, 1.82) is 0 Å². The molecule has 5 nitrogen and oxygen atoms in total. The lowest BCUT2D eigenvalue weighted by Crippen LogP contribution is -1.96. The summed E-state index contributed by atoms with van der Waals surface area (Å²) < 4.78 is 18.7. The van der Waals surface area contributed by atoms with Gasteiger partial charge in [0.15, 0.2) is 5.82 Å². The number of methoxy groups -OCH3 is 1. The first-order valence-corrected chi connectivity index (χ1v) is 5.45. The molecule has 0 amide bonds. The monoisotopic (exact) mass is 262 g/mol. The largest absolute Gasteiger partial charge is 0.497 e. The topological polar surface area (TPSA) is 64.4 Å². The van der Waals surface area contributed by atoms with Crippen molar-refractivity contribution in [1.82, 2.24) is 0 Å². The first-order chi connectivity index (χ1) is 9.10. The van der Waals surface area contributed by atoms with Crippen LogP contribution < -0.4 is 10.1 Å². The minimum atomic E-state index is -0.676. The molecule has 0 saturated carbocycles. The Morgan fingerprint density at radius 2 is 1.89 bits per heavy atom. The number of nitrogens with one attached hydrogen (secondary N) is 1. The van der Waals surface area contributed by atoms with Crippen LogP contribution in [0.3, 0.4) is 0 Å². The number of nitro groups is 1. The van der Waals surface area contributed by atoms with Gasteiger partial charge in [-0.3, -0.25) is 10.1 Å². The first-order valence-electron chi connectivity index (χ1n) is 5.45. The number of nitro benzene ring substituents is 1. The van der Waals surface area contributed by atoms with Gasteiger partial charge < -0.3 is 10.1 Å². The van der Waals surface area contributed by atoms with E-state index in [1.165, 1.54) is 12.1 Å². The number of benzene rings is 2. The summed E-state index contributed by atoms with van der Waals surface area (Å²) in [5.74, 6) is 0.0136. The molecule has 0 aromatic heterocycles. The molecule has 0 aliphatic carbocycles. The summed E-state index contributed by atoms with van der Waals surface area (Å²) in [6, 6.07) is 10.4. The van der Waals surface area contributed by atoms with Crippen molar-refractivity contribution in [3.8, 4) is 5.75 Å². The van der Waals surface area contributed by atoms with E-state index in [1.807, 2.05) is 0 Å². The number of anilines is 2. The van der Waals surface area contributed by atoms with Gasteiger partial charge in [0.2, 0.25) is 0 Å². The molecule has 2 aromatic carbocycles. The summed E-state index contributed by atoms with van der Waals surface area (Å²) >= 11 is 0. The molecule has 0 atom stereocenters. The van der Waals surface area contributed by atoms with Crippen LogP contribution in [0.1, 0.15) is 0 Å². The van der Waals surface area contributed by atoms with Crippen molar-refractivity contribution < 1.29 is 14.1 Å². The van der Waals surface area contributed by atoms with Crippen LogP contribution in [-0.2, 0) is 0 Å². The third kappa shape index (κ3) is 2.98. The molecule has 0 fully saturated rings. The zero-order valence-corrected chi connectivity index (χ0v) is 10.1. The number of hydrogen-bond acceptors (Lipinski definition) is 4. The van der Waals surface area contributed by atoms with Gasteiger partial charge in [0, 0.05) is 11.8 Å². The Labute approximate surface area is 108 Å². The standard InChI is InChI=1S/C13H11FN2O3/c1-19-11-5-2-9(3-6-11)15-13-7-4-10(16(17)18)8-12(13)14/h2-8,15H,1H3. The Bertz CT molecular complexity index is 599. The zero-order chi connectivity index (χ0) is 13.8. The summed E-state index contributed by atoms with van der Waals surface area (Å²) in [6.07, 6.45) is 0. The van der Waals surface area contributed by atoms with E-state index in [0.717, 1.165) is 6.07 Å². The van der Waals surface area contributed by atoms with Crippen LogP contribution in [-0.4, -0.2) is 12.0 Å². The number of nitrogens with zero attached hydrogens (tertiary/aromatic N) is 1. The van der Waals surface area contributed by atoms with Crippen molar-refractivity contribution in [2.24, 2.45) is 0 Å². The minimum absolute atomic E-state index is 0.177. The van der Waals surface area contributed by atoms with Gasteiger partial charge in [-0.25, -0.2) is 4.39 Å². The van der Waals surface area contributed by atoms with Crippen molar-refractivity contribution in [3.63, 3.8) is 0 Å². The summed E-state index contributed by atoms with van der Waals surface area (Å²) in [5, 5.41) is 13.3. The van der Waals surface area contributed by atoms with Gasteiger partial charge in [0.1, 0.15) is 5.75 Å². The molecular weight excluding hydrogens is 251 g/mol. The van der Waals surface area contributed by atoms with E-state index in [-0.39, 0.29) is 11.4 Å². The average Bonchev–Trinajstić information content (AvgIpc) is 2.41. The SMILES string of the molecule is COc1ccc(Nc2ccc([N+](=O)[O-])cc2F)cc1. The van der Waals surface area contributed by atoms with Crippen molar-refractivity contribution in [3.05, 3.63) is 58.4 Å². The lowest BCUT2D eigenvalue weighted by Gasteiger charge is -2.08. The highest BCUT2D eigenvalue weighted by molar-refractivity contribution is 5.62. The highest BCUT2D eigenvalue weighted by atomic mass is 19.1. The minimum Gasteiger partial charge on any atom is -0.497 e. The third-order valence-corrected chi connectivity index (χ3v) is 2.53. The molecule has 2 aromatic rings. The molecule has 0 heterocycles. The van der Waals surface area contributed by atoms with Gasteiger partial charge in [-0.05, 0) is 30.3 Å². The Balaban J connectivity index is 2.20. The van der Waals surface area contributed by atoms with Gasteiger partial charge in [-0.1, -0.05) is 0 Å². The number of non-ortho nitro benzene ring substituents is 1. The lowest BCUT2D eigenvalue weighted by atomic mass is 10.2. The van der Waals surface area contributed by atoms with E-state index in [0.29, 0.717) is 11.4 Å². The number of ether oxygens (including phenoxy) is 1. The second kappa shape index (κ2) is 5.34. The third-order valence-electron chi connectivity index (χ3n) is 2.53. The van der Waals surface area contributed by atoms with Crippen LogP contribution in [0.5, 0.6) is 5.75 Å². The van der Waals surface area contributed by atoms with Crippen LogP contribution in [0, 0.1) is 15.9 Å². The van der Waals surface area contributed by atoms with E-state index in [9.17, 15) is 14.5 Å². The zero-order valence-electron chi connectivity index (χ0n) is 10.1. The molecule has 0 unspecified atom stereocenters. The Kier molecular flexibility index (Phi) is 3.61.